The lowest BCUT2D eigenvalue weighted by atomic mass is 10.3. The van der Waals surface area contributed by atoms with Crippen molar-refractivity contribution in [1.29, 1.82) is 0 Å². The van der Waals surface area contributed by atoms with Crippen LogP contribution >= 0.6 is 11.3 Å². The molecule has 0 bridgehead atoms. The van der Waals surface area contributed by atoms with Crippen LogP contribution in [0.4, 0.5) is 10.7 Å². The van der Waals surface area contributed by atoms with Crippen molar-refractivity contribution in [3.63, 3.8) is 0 Å². The summed E-state index contributed by atoms with van der Waals surface area (Å²) in [6.07, 6.45) is 0.869. The van der Waals surface area contributed by atoms with E-state index in [1.165, 1.54) is 11.3 Å². The zero-order valence-electron chi connectivity index (χ0n) is 11.5. The third kappa shape index (κ3) is 4.00. The van der Waals surface area contributed by atoms with Crippen LogP contribution in [0.5, 0.6) is 5.75 Å². The Bertz CT molecular complexity index is 421. The number of amides is 1. The van der Waals surface area contributed by atoms with Gasteiger partial charge in [-0.25, -0.2) is 0 Å². The molecule has 1 rings (SSSR count). The van der Waals surface area contributed by atoms with Crippen LogP contribution in [0, 0.1) is 0 Å². The van der Waals surface area contributed by atoms with Gasteiger partial charge in [-0.15, -0.1) is 11.3 Å². The number of rotatable bonds is 8. The summed E-state index contributed by atoms with van der Waals surface area (Å²) in [6.45, 7) is 3.84. The number of hydrogen-bond acceptors (Lipinski definition) is 6. The fourth-order valence-electron chi connectivity index (χ4n) is 1.58. The highest BCUT2D eigenvalue weighted by atomic mass is 32.1. The van der Waals surface area contributed by atoms with E-state index in [-0.39, 0.29) is 5.91 Å². The SMILES string of the molecule is CCNC(=O)c1sc(NCCCOC)c(OC)c1N. The molecule has 0 aromatic carbocycles. The molecule has 1 aromatic heterocycles. The van der Waals surface area contributed by atoms with E-state index >= 15 is 0 Å². The Balaban J connectivity index is 2.80. The van der Waals surface area contributed by atoms with E-state index in [0.717, 1.165) is 18.0 Å². The fourth-order valence-corrected chi connectivity index (χ4v) is 2.61. The first-order valence-electron chi connectivity index (χ1n) is 6.12. The number of nitrogens with one attached hydrogen (secondary N) is 2. The molecular formula is C12H21N3O3S. The molecule has 108 valence electrons. The van der Waals surface area contributed by atoms with Gasteiger partial charge < -0.3 is 25.8 Å². The van der Waals surface area contributed by atoms with Gasteiger partial charge in [-0.3, -0.25) is 4.79 Å². The largest absolute Gasteiger partial charge is 0.492 e. The predicted molar refractivity (Wildman–Crippen MR) is 78.3 cm³/mol. The minimum atomic E-state index is -0.173. The molecule has 1 amide bonds. The molecule has 0 saturated carbocycles. The summed E-state index contributed by atoms with van der Waals surface area (Å²) in [5, 5.41) is 6.72. The molecule has 1 heterocycles. The Morgan fingerprint density at radius 3 is 2.74 bits per heavy atom. The molecule has 1 aromatic rings. The molecule has 19 heavy (non-hydrogen) atoms. The second-order valence-corrected chi connectivity index (χ2v) is 4.86. The Morgan fingerprint density at radius 1 is 1.42 bits per heavy atom. The standard InChI is InChI=1S/C12H21N3O3S/c1-4-14-11(16)10-8(13)9(18-3)12(19-10)15-6-5-7-17-2/h15H,4-7,13H2,1-3H3,(H,14,16). The Kier molecular flexibility index (Phi) is 6.44. The number of ether oxygens (including phenoxy) is 2. The summed E-state index contributed by atoms with van der Waals surface area (Å²) in [4.78, 5) is 12.3. The molecule has 0 fully saturated rings. The molecule has 4 N–H and O–H groups in total. The van der Waals surface area contributed by atoms with Crippen molar-refractivity contribution in [2.24, 2.45) is 0 Å². The van der Waals surface area contributed by atoms with Gasteiger partial charge in [0.1, 0.15) is 15.6 Å². The van der Waals surface area contributed by atoms with Gasteiger partial charge in [0, 0.05) is 26.8 Å². The minimum Gasteiger partial charge on any atom is -0.492 e. The van der Waals surface area contributed by atoms with Gasteiger partial charge in [-0.2, -0.15) is 0 Å². The average Bonchev–Trinajstić information content (AvgIpc) is 2.71. The lowest BCUT2D eigenvalue weighted by Gasteiger charge is -2.06. The highest BCUT2D eigenvalue weighted by Gasteiger charge is 2.21. The van der Waals surface area contributed by atoms with Crippen molar-refractivity contribution in [3.8, 4) is 5.75 Å². The van der Waals surface area contributed by atoms with Gasteiger partial charge in [-0.1, -0.05) is 0 Å². The number of nitrogen functional groups attached to an aromatic ring is 1. The van der Waals surface area contributed by atoms with Gasteiger partial charge in [0.05, 0.1) is 7.11 Å². The lowest BCUT2D eigenvalue weighted by molar-refractivity contribution is 0.0960. The Hall–Kier alpha value is -1.47. The monoisotopic (exact) mass is 287 g/mol. The maximum atomic E-state index is 11.8. The number of carbonyl (C=O) groups excluding carboxylic acids is 1. The summed E-state index contributed by atoms with van der Waals surface area (Å²) < 4.78 is 10.2. The molecule has 7 heteroatoms. The number of thiophene rings is 1. The molecule has 0 aliphatic rings. The van der Waals surface area contributed by atoms with Crippen molar-refractivity contribution >= 4 is 27.9 Å². The maximum Gasteiger partial charge on any atom is 0.263 e. The molecule has 0 saturated heterocycles. The molecule has 0 unspecified atom stereocenters. The average molecular weight is 287 g/mol. The van der Waals surface area contributed by atoms with Crippen LogP contribution in [0.2, 0.25) is 0 Å². The number of hydrogen-bond donors (Lipinski definition) is 3. The Labute approximate surface area is 117 Å². The molecule has 0 spiro atoms. The first kappa shape index (κ1) is 15.6. The zero-order chi connectivity index (χ0) is 14.3. The van der Waals surface area contributed by atoms with Crippen molar-refractivity contribution in [2.45, 2.75) is 13.3 Å². The van der Waals surface area contributed by atoms with Crippen LogP contribution < -0.4 is 21.1 Å². The molecular weight excluding hydrogens is 266 g/mol. The molecule has 0 aliphatic carbocycles. The molecule has 0 atom stereocenters. The molecule has 6 nitrogen and oxygen atoms in total. The van der Waals surface area contributed by atoms with Gasteiger partial charge in [0.2, 0.25) is 0 Å². The van der Waals surface area contributed by atoms with Crippen LogP contribution in [0.25, 0.3) is 0 Å². The minimum absolute atomic E-state index is 0.173. The summed E-state index contributed by atoms with van der Waals surface area (Å²) in [5.41, 5.74) is 6.32. The van der Waals surface area contributed by atoms with Gasteiger partial charge in [0.15, 0.2) is 5.75 Å². The predicted octanol–water partition coefficient (Wildman–Crippen LogP) is 1.54. The maximum absolute atomic E-state index is 11.8. The first-order valence-corrected chi connectivity index (χ1v) is 6.94. The summed E-state index contributed by atoms with van der Waals surface area (Å²) in [7, 11) is 3.21. The van der Waals surface area contributed by atoms with E-state index in [1.54, 1.807) is 14.2 Å². The molecule has 0 aliphatic heterocycles. The lowest BCUT2D eigenvalue weighted by Crippen LogP contribution is -2.22. The van der Waals surface area contributed by atoms with E-state index < -0.39 is 0 Å². The van der Waals surface area contributed by atoms with E-state index in [2.05, 4.69) is 10.6 Å². The van der Waals surface area contributed by atoms with Gasteiger partial charge >= 0.3 is 0 Å². The molecule has 0 radical (unpaired) electrons. The van der Waals surface area contributed by atoms with Crippen LogP contribution in [-0.4, -0.2) is 39.8 Å². The summed E-state index contributed by atoms with van der Waals surface area (Å²) in [6, 6.07) is 0. The summed E-state index contributed by atoms with van der Waals surface area (Å²) >= 11 is 1.30. The van der Waals surface area contributed by atoms with Crippen LogP contribution in [0.1, 0.15) is 23.0 Å². The van der Waals surface area contributed by atoms with Crippen LogP contribution in [-0.2, 0) is 4.74 Å². The second kappa shape index (κ2) is 7.85. The number of nitrogens with two attached hydrogens (primary N) is 1. The van der Waals surface area contributed by atoms with Crippen molar-refractivity contribution in [2.75, 3.05) is 45.0 Å². The van der Waals surface area contributed by atoms with Crippen molar-refractivity contribution in [1.82, 2.24) is 5.32 Å². The van der Waals surface area contributed by atoms with Crippen LogP contribution in [0.15, 0.2) is 0 Å². The van der Waals surface area contributed by atoms with Crippen molar-refractivity contribution < 1.29 is 14.3 Å². The third-order valence-electron chi connectivity index (χ3n) is 2.46. The van der Waals surface area contributed by atoms with E-state index in [4.69, 9.17) is 15.2 Å². The van der Waals surface area contributed by atoms with E-state index in [0.29, 0.717) is 29.5 Å². The van der Waals surface area contributed by atoms with Crippen molar-refractivity contribution in [3.05, 3.63) is 4.88 Å². The highest BCUT2D eigenvalue weighted by molar-refractivity contribution is 7.19. The quantitative estimate of drug-likeness (QED) is 0.631. The number of carbonyl (C=O) groups is 1. The van der Waals surface area contributed by atoms with E-state index in [9.17, 15) is 4.79 Å². The van der Waals surface area contributed by atoms with E-state index in [1.807, 2.05) is 6.92 Å². The van der Waals surface area contributed by atoms with Gasteiger partial charge in [-0.05, 0) is 13.3 Å². The zero-order valence-corrected chi connectivity index (χ0v) is 12.4. The smallest absolute Gasteiger partial charge is 0.263 e. The third-order valence-corrected chi connectivity index (χ3v) is 3.60. The first-order chi connectivity index (χ1) is 9.15. The van der Waals surface area contributed by atoms with Crippen LogP contribution in [0.3, 0.4) is 0 Å². The fraction of sp³-hybridized carbons (Fsp3) is 0.583. The highest BCUT2D eigenvalue weighted by Crippen LogP contribution is 2.42. The topological polar surface area (TPSA) is 85.6 Å². The number of anilines is 2. The Morgan fingerprint density at radius 2 is 2.16 bits per heavy atom. The number of methoxy groups -OCH3 is 2. The second-order valence-electron chi connectivity index (χ2n) is 3.84. The normalized spacial score (nSPS) is 10.3. The summed E-state index contributed by atoms with van der Waals surface area (Å²) in [5.74, 6) is 0.358. The van der Waals surface area contributed by atoms with Gasteiger partial charge in [0.25, 0.3) is 5.91 Å².